The molecule has 102 valence electrons. The van der Waals surface area contributed by atoms with Crippen LogP contribution in [0.5, 0.6) is 0 Å². The van der Waals surface area contributed by atoms with Crippen molar-refractivity contribution in [2.75, 3.05) is 0 Å². The summed E-state index contributed by atoms with van der Waals surface area (Å²) in [7, 11) is 0. The number of carbonyl (C=O) groups is 2. The minimum absolute atomic E-state index is 0.0493. The topological polar surface area (TPSA) is 73.4 Å². The number of nitrogens with zero attached hydrogens (tertiary/aromatic N) is 1. The Labute approximate surface area is 115 Å². The van der Waals surface area contributed by atoms with E-state index < -0.39 is 12.0 Å². The molecule has 1 saturated heterocycles. The highest BCUT2D eigenvalue weighted by atomic mass is 16.4. The molecule has 3 heterocycles. The van der Waals surface area contributed by atoms with Gasteiger partial charge in [0.2, 0.25) is 5.91 Å². The molecule has 2 N–H and O–H groups in total. The SMILES string of the molecule is O=C(O)[C@H]1Cc2c([nH]c3ccccc23)[C@@H]2CCC(=O)N12. The van der Waals surface area contributed by atoms with Crippen LogP contribution in [-0.4, -0.2) is 32.9 Å². The van der Waals surface area contributed by atoms with Crippen LogP contribution in [0.1, 0.15) is 30.1 Å². The van der Waals surface area contributed by atoms with Gasteiger partial charge in [0.1, 0.15) is 6.04 Å². The summed E-state index contributed by atoms with van der Waals surface area (Å²) in [6, 6.07) is 7.07. The molecule has 0 radical (unpaired) electrons. The molecule has 5 nitrogen and oxygen atoms in total. The summed E-state index contributed by atoms with van der Waals surface area (Å²) in [6.45, 7) is 0. The Hall–Kier alpha value is -2.30. The van der Waals surface area contributed by atoms with E-state index in [-0.39, 0.29) is 11.9 Å². The van der Waals surface area contributed by atoms with Crippen LogP contribution in [-0.2, 0) is 16.0 Å². The number of carboxylic acids is 1. The van der Waals surface area contributed by atoms with E-state index in [1.807, 2.05) is 24.3 Å². The lowest BCUT2D eigenvalue weighted by Crippen LogP contribution is -2.47. The van der Waals surface area contributed by atoms with Crippen LogP contribution in [0.25, 0.3) is 10.9 Å². The van der Waals surface area contributed by atoms with Gasteiger partial charge in [0.15, 0.2) is 0 Å². The molecule has 0 bridgehead atoms. The van der Waals surface area contributed by atoms with Gasteiger partial charge in [0.05, 0.1) is 6.04 Å². The Bertz CT molecular complexity index is 734. The largest absolute Gasteiger partial charge is 0.480 e. The summed E-state index contributed by atoms with van der Waals surface area (Å²) in [5.41, 5.74) is 3.10. The fourth-order valence-corrected chi connectivity index (χ4v) is 3.60. The van der Waals surface area contributed by atoms with E-state index in [4.69, 9.17) is 0 Å². The van der Waals surface area contributed by atoms with E-state index in [1.165, 1.54) is 0 Å². The van der Waals surface area contributed by atoms with E-state index in [0.717, 1.165) is 22.2 Å². The zero-order chi connectivity index (χ0) is 13.9. The predicted octanol–water partition coefficient (Wildman–Crippen LogP) is 1.84. The molecule has 1 amide bonds. The van der Waals surface area contributed by atoms with E-state index in [1.54, 1.807) is 4.90 Å². The molecule has 0 saturated carbocycles. The Kier molecular flexibility index (Phi) is 2.22. The molecule has 0 unspecified atom stereocenters. The second-order valence-corrected chi connectivity index (χ2v) is 5.48. The molecule has 0 aliphatic carbocycles. The third-order valence-corrected chi connectivity index (χ3v) is 4.45. The maximum absolute atomic E-state index is 12.0. The number of para-hydroxylation sites is 1. The monoisotopic (exact) mass is 270 g/mol. The van der Waals surface area contributed by atoms with Crippen LogP contribution in [0.2, 0.25) is 0 Å². The first-order valence-corrected chi connectivity index (χ1v) is 6.80. The molecule has 1 aromatic carbocycles. The summed E-state index contributed by atoms with van der Waals surface area (Å²) in [5, 5.41) is 10.5. The molecule has 1 aromatic heterocycles. The minimum atomic E-state index is -0.916. The normalized spacial score (nSPS) is 24.8. The number of hydrogen-bond acceptors (Lipinski definition) is 2. The number of carbonyl (C=O) groups excluding carboxylic acids is 1. The van der Waals surface area contributed by atoms with Gasteiger partial charge in [-0.3, -0.25) is 4.79 Å². The van der Waals surface area contributed by atoms with Gasteiger partial charge in [0, 0.05) is 29.4 Å². The van der Waals surface area contributed by atoms with Crippen LogP contribution in [0.3, 0.4) is 0 Å². The number of aromatic nitrogens is 1. The number of carboxylic acid groups (broad SMARTS) is 1. The number of aliphatic carboxylic acids is 1. The highest BCUT2D eigenvalue weighted by Crippen LogP contribution is 2.43. The molecule has 0 spiro atoms. The average molecular weight is 270 g/mol. The van der Waals surface area contributed by atoms with Crippen LogP contribution in [0.4, 0.5) is 0 Å². The van der Waals surface area contributed by atoms with Crippen molar-refractivity contribution in [3.05, 3.63) is 35.5 Å². The Morgan fingerprint density at radius 1 is 1.35 bits per heavy atom. The molecule has 2 aliphatic rings. The summed E-state index contributed by atoms with van der Waals surface area (Å²) in [6.07, 6.45) is 1.52. The molecule has 4 rings (SSSR count). The summed E-state index contributed by atoms with van der Waals surface area (Å²) < 4.78 is 0. The van der Waals surface area contributed by atoms with Crippen molar-refractivity contribution in [1.82, 2.24) is 9.88 Å². The number of H-pyrrole nitrogens is 1. The summed E-state index contributed by atoms with van der Waals surface area (Å²) >= 11 is 0. The third-order valence-electron chi connectivity index (χ3n) is 4.45. The zero-order valence-corrected chi connectivity index (χ0v) is 10.8. The van der Waals surface area contributed by atoms with E-state index in [9.17, 15) is 14.7 Å². The van der Waals surface area contributed by atoms with Gasteiger partial charge in [-0.25, -0.2) is 4.79 Å². The van der Waals surface area contributed by atoms with Gasteiger partial charge >= 0.3 is 5.97 Å². The van der Waals surface area contributed by atoms with Gasteiger partial charge in [-0.2, -0.15) is 0 Å². The van der Waals surface area contributed by atoms with E-state index in [0.29, 0.717) is 19.3 Å². The Balaban J connectivity index is 1.94. The van der Waals surface area contributed by atoms with Crippen molar-refractivity contribution in [3.63, 3.8) is 0 Å². The van der Waals surface area contributed by atoms with Crippen molar-refractivity contribution in [2.24, 2.45) is 0 Å². The molecule has 2 atom stereocenters. The maximum atomic E-state index is 12.0. The van der Waals surface area contributed by atoms with Crippen molar-refractivity contribution in [3.8, 4) is 0 Å². The van der Waals surface area contributed by atoms with Gasteiger partial charge in [-0.1, -0.05) is 18.2 Å². The van der Waals surface area contributed by atoms with Crippen LogP contribution in [0, 0.1) is 0 Å². The molecule has 1 fully saturated rings. The van der Waals surface area contributed by atoms with Crippen molar-refractivity contribution in [1.29, 1.82) is 0 Å². The number of fused-ring (bicyclic) bond motifs is 5. The second-order valence-electron chi connectivity index (χ2n) is 5.48. The molecule has 2 aromatic rings. The Morgan fingerprint density at radius 3 is 2.95 bits per heavy atom. The van der Waals surface area contributed by atoms with Gasteiger partial charge < -0.3 is 15.0 Å². The first-order valence-electron chi connectivity index (χ1n) is 6.80. The van der Waals surface area contributed by atoms with E-state index in [2.05, 4.69) is 4.98 Å². The lowest BCUT2D eigenvalue weighted by Gasteiger charge is -2.35. The number of amides is 1. The number of rotatable bonds is 1. The number of nitrogens with one attached hydrogen (secondary N) is 1. The molecular formula is C15H14N2O3. The lowest BCUT2D eigenvalue weighted by molar-refractivity contribution is -0.150. The van der Waals surface area contributed by atoms with Crippen LogP contribution < -0.4 is 0 Å². The highest BCUT2D eigenvalue weighted by Gasteiger charge is 2.45. The summed E-state index contributed by atoms with van der Waals surface area (Å²) in [4.78, 5) is 28.4. The fraction of sp³-hybridized carbons (Fsp3) is 0.333. The van der Waals surface area contributed by atoms with Crippen LogP contribution in [0.15, 0.2) is 24.3 Å². The van der Waals surface area contributed by atoms with Gasteiger partial charge in [0.25, 0.3) is 0 Å². The molecule has 20 heavy (non-hydrogen) atoms. The first kappa shape index (κ1) is 11.5. The average Bonchev–Trinajstić information content (AvgIpc) is 2.99. The number of hydrogen-bond donors (Lipinski definition) is 2. The third kappa shape index (κ3) is 1.37. The number of aromatic amines is 1. The predicted molar refractivity (Wildman–Crippen MR) is 72.2 cm³/mol. The standard InChI is InChI=1S/C15H14N2O3/c18-13-6-5-11-14-9(7-12(15(19)20)17(11)13)8-3-1-2-4-10(8)16-14/h1-4,11-12,16H,5-7H2,(H,19,20)/t11-,12+/m0/s1. The van der Waals surface area contributed by atoms with Crippen LogP contribution >= 0.6 is 0 Å². The van der Waals surface area contributed by atoms with Crippen molar-refractivity contribution >= 4 is 22.8 Å². The second kappa shape index (κ2) is 3.85. The molecular weight excluding hydrogens is 256 g/mol. The first-order chi connectivity index (χ1) is 9.66. The highest BCUT2D eigenvalue weighted by molar-refractivity contribution is 5.91. The summed E-state index contributed by atoms with van der Waals surface area (Å²) in [5.74, 6) is -0.965. The fourth-order valence-electron chi connectivity index (χ4n) is 3.60. The number of benzene rings is 1. The van der Waals surface area contributed by atoms with Crippen molar-refractivity contribution < 1.29 is 14.7 Å². The quantitative estimate of drug-likeness (QED) is 0.830. The van der Waals surface area contributed by atoms with Gasteiger partial charge in [-0.15, -0.1) is 0 Å². The Morgan fingerprint density at radius 2 is 2.15 bits per heavy atom. The lowest BCUT2D eigenvalue weighted by atomic mass is 9.92. The smallest absolute Gasteiger partial charge is 0.326 e. The van der Waals surface area contributed by atoms with Gasteiger partial charge in [-0.05, 0) is 18.1 Å². The molecule has 5 heteroatoms. The molecule has 2 aliphatic heterocycles. The van der Waals surface area contributed by atoms with Crippen molar-refractivity contribution in [2.45, 2.75) is 31.3 Å². The minimum Gasteiger partial charge on any atom is -0.480 e. The maximum Gasteiger partial charge on any atom is 0.326 e. The van der Waals surface area contributed by atoms with E-state index >= 15 is 0 Å². The zero-order valence-electron chi connectivity index (χ0n) is 10.8.